The van der Waals surface area contributed by atoms with Gasteiger partial charge in [0, 0.05) is 37.1 Å². The number of guanidine groups is 1. The van der Waals surface area contributed by atoms with Crippen LogP contribution < -0.4 is 10.6 Å². The number of hydrogen-bond donors (Lipinski definition) is 2. The van der Waals surface area contributed by atoms with Gasteiger partial charge in [-0.25, -0.2) is 4.39 Å². The molecule has 0 unspecified atom stereocenters. The smallest absolute Gasteiger partial charge is 0.191 e. The van der Waals surface area contributed by atoms with Gasteiger partial charge in [0.1, 0.15) is 5.82 Å². The fraction of sp³-hybridized carbons (Fsp3) is 0.682. The fourth-order valence-electron chi connectivity index (χ4n) is 4.25. The Balaban J connectivity index is 1.62. The molecule has 27 heavy (non-hydrogen) atoms. The summed E-state index contributed by atoms with van der Waals surface area (Å²) in [7, 11) is 0. The second-order valence-electron chi connectivity index (χ2n) is 8.38. The van der Waals surface area contributed by atoms with Gasteiger partial charge in [-0.05, 0) is 64.2 Å². The molecule has 0 atom stereocenters. The largest absolute Gasteiger partial charge is 0.357 e. The summed E-state index contributed by atoms with van der Waals surface area (Å²) in [6, 6.07) is 8.14. The summed E-state index contributed by atoms with van der Waals surface area (Å²) in [5.41, 5.74) is 1.30. The predicted octanol–water partition coefficient (Wildman–Crippen LogP) is 3.68. The Morgan fingerprint density at radius 3 is 2.41 bits per heavy atom. The Hall–Kier alpha value is -1.62. The lowest BCUT2D eigenvalue weighted by Crippen LogP contribution is -2.50. The highest BCUT2D eigenvalue weighted by atomic mass is 19.1. The lowest BCUT2D eigenvalue weighted by atomic mass is 9.64. The van der Waals surface area contributed by atoms with Gasteiger partial charge in [0.05, 0.1) is 6.54 Å². The van der Waals surface area contributed by atoms with Crippen molar-refractivity contribution in [2.75, 3.05) is 26.2 Å². The molecule has 3 rings (SSSR count). The number of aliphatic imine (C=N–C) groups is 1. The van der Waals surface area contributed by atoms with Gasteiger partial charge >= 0.3 is 0 Å². The Morgan fingerprint density at radius 1 is 1.22 bits per heavy atom. The third-order valence-corrected chi connectivity index (χ3v) is 6.25. The van der Waals surface area contributed by atoms with Crippen LogP contribution in [-0.2, 0) is 5.41 Å². The summed E-state index contributed by atoms with van der Waals surface area (Å²) < 4.78 is 13.3. The molecular weight excluding hydrogens is 339 g/mol. The maximum absolute atomic E-state index is 13.3. The molecule has 0 radical (unpaired) electrons. The van der Waals surface area contributed by atoms with Crippen LogP contribution in [0.2, 0.25) is 0 Å². The SMILES string of the molecule is CCNC(=NCC1(c2ccc(F)cc2)CCC1)NC1CCN(C(C)C)CC1. The molecule has 1 aliphatic carbocycles. The molecule has 2 aliphatic rings. The average Bonchev–Trinajstić information content (AvgIpc) is 2.62. The van der Waals surface area contributed by atoms with Crippen LogP contribution in [-0.4, -0.2) is 49.1 Å². The van der Waals surface area contributed by atoms with Gasteiger partial charge in [-0.2, -0.15) is 0 Å². The number of rotatable bonds is 6. The first-order valence-corrected chi connectivity index (χ1v) is 10.6. The molecule has 0 bridgehead atoms. The van der Waals surface area contributed by atoms with Crippen LogP contribution in [0.5, 0.6) is 0 Å². The van der Waals surface area contributed by atoms with Gasteiger partial charge in [0.2, 0.25) is 0 Å². The standard InChI is InChI=1S/C22H35FN4/c1-4-24-21(26-20-10-14-27(15-11-20)17(2)3)25-16-22(12-5-13-22)18-6-8-19(23)9-7-18/h6-9,17,20H,4-5,10-16H2,1-3H3,(H2,24,25,26). The van der Waals surface area contributed by atoms with Crippen molar-refractivity contribution in [3.63, 3.8) is 0 Å². The number of nitrogens with zero attached hydrogens (tertiary/aromatic N) is 2. The molecule has 150 valence electrons. The highest BCUT2D eigenvalue weighted by Gasteiger charge is 2.38. The molecule has 1 saturated carbocycles. The van der Waals surface area contributed by atoms with Crippen molar-refractivity contribution in [2.24, 2.45) is 4.99 Å². The van der Waals surface area contributed by atoms with Crippen molar-refractivity contribution in [3.8, 4) is 0 Å². The van der Waals surface area contributed by atoms with E-state index < -0.39 is 0 Å². The maximum atomic E-state index is 13.3. The summed E-state index contributed by atoms with van der Waals surface area (Å²) in [5, 5.41) is 7.06. The van der Waals surface area contributed by atoms with Crippen LogP contribution in [0.15, 0.2) is 29.3 Å². The highest BCUT2D eigenvalue weighted by molar-refractivity contribution is 5.80. The zero-order chi connectivity index (χ0) is 19.3. The second kappa shape index (κ2) is 9.05. The van der Waals surface area contributed by atoms with E-state index in [1.807, 2.05) is 12.1 Å². The van der Waals surface area contributed by atoms with E-state index in [9.17, 15) is 4.39 Å². The summed E-state index contributed by atoms with van der Waals surface area (Å²) in [5.74, 6) is 0.758. The van der Waals surface area contributed by atoms with E-state index in [1.165, 1.54) is 12.0 Å². The summed E-state index contributed by atoms with van der Waals surface area (Å²) in [6.45, 7) is 10.6. The molecule has 0 spiro atoms. The first-order valence-electron chi connectivity index (χ1n) is 10.6. The minimum Gasteiger partial charge on any atom is -0.357 e. The molecule has 2 N–H and O–H groups in total. The third-order valence-electron chi connectivity index (χ3n) is 6.25. The minimum absolute atomic E-state index is 0.0804. The zero-order valence-electron chi connectivity index (χ0n) is 17.1. The minimum atomic E-state index is -0.167. The molecular formula is C22H35FN4. The lowest BCUT2D eigenvalue weighted by Gasteiger charge is -2.41. The quantitative estimate of drug-likeness (QED) is 0.589. The van der Waals surface area contributed by atoms with Crippen molar-refractivity contribution < 1.29 is 4.39 Å². The van der Waals surface area contributed by atoms with Crippen LogP contribution in [0.1, 0.15) is 58.4 Å². The predicted molar refractivity (Wildman–Crippen MR) is 111 cm³/mol. The maximum Gasteiger partial charge on any atom is 0.191 e. The fourth-order valence-corrected chi connectivity index (χ4v) is 4.25. The van der Waals surface area contributed by atoms with E-state index in [0.717, 1.165) is 57.8 Å². The summed E-state index contributed by atoms with van der Waals surface area (Å²) >= 11 is 0. The van der Waals surface area contributed by atoms with Crippen molar-refractivity contribution >= 4 is 5.96 Å². The topological polar surface area (TPSA) is 39.7 Å². The van der Waals surface area contributed by atoms with E-state index in [1.54, 1.807) is 12.1 Å². The molecule has 1 saturated heterocycles. The van der Waals surface area contributed by atoms with Crippen molar-refractivity contribution in [2.45, 2.75) is 70.4 Å². The van der Waals surface area contributed by atoms with Crippen LogP contribution in [0.4, 0.5) is 4.39 Å². The second-order valence-corrected chi connectivity index (χ2v) is 8.38. The van der Waals surface area contributed by atoms with E-state index in [0.29, 0.717) is 12.1 Å². The number of halogens is 1. The van der Waals surface area contributed by atoms with Gasteiger partial charge in [-0.3, -0.25) is 4.99 Å². The molecule has 1 aromatic carbocycles. The van der Waals surface area contributed by atoms with E-state index >= 15 is 0 Å². The van der Waals surface area contributed by atoms with Gasteiger partial charge in [-0.15, -0.1) is 0 Å². The Labute approximate surface area is 163 Å². The number of nitrogens with one attached hydrogen (secondary N) is 2. The third kappa shape index (κ3) is 5.01. The van der Waals surface area contributed by atoms with E-state index in [2.05, 4.69) is 36.3 Å². The van der Waals surface area contributed by atoms with Gasteiger partial charge < -0.3 is 15.5 Å². The molecule has 0 aromatic heterocycles. The Morgan fingerprint density at radius 2 is 1.89 bits per heavy atom. The zero-order valence-corrected chi connectivity index (χ0v) is 17.1. The summed E-state index contributed by atoms with van der Waals surface area (Å²) in [6.07, 6.45) is 5.81. The first kappa shape index (κ1) is 20.1. The Bertz CT molecular complexity index is 614. The Kier molecular flexibility index (Phi) is 6.74. The highest BCUT2D eigenvalue weighted by Crippen LogP contribution is 2.44. The van der Waals surface area contributed by atoms with Crippen LogP contribution >= 0.6 is 0 Å². The lowest BCUT2D eigenvalue weighted by molar-refractivity contribution is 0.167. The van der Waals surface area contributed by atoms with Crippen LogP contribution in [0.3, 0.4) is 0 Å². The van der Waals surface area contributed by atoms with Crippen molar-refractivity contribution in [1.29, 1.82) is 0 Å². The number of piperidine rings is 1. The van der Waals surface area contributed by atoms with E-state index in [4.69, 9.17) is 4.99 Å². The van der Waals surface area contributed by atoms with Gasteiger partial charge in [0.25, 0.3) is 0 Å². The first-order chi connectivity index (χ1) is 13.0. The molecule has 1 aliphatic heterocycles. The van der Waals surface area contributed by atoms with Crippen LogP contribution in [0.25, 0.3) is 0 Å². The normalized spacial score (nSPS) is 21.1. The number of hydrogen-bond acceptors (Lipinski definition) is 2. The van der Waals surface area contributed by atoms with Crippen molar-refractivity contribution in [3.05, 3.63) is 35.6 Å². The molecule has 1 heterocycles. The number of benzene rings is 1. The molecule has 0 amide bonds. The molecule has 4 nitrogen and oxygen atoms in total. The molecule has 1 aromatic rings. The molecule has 5 heteroatoms. The van der Waals surface area contributed by atoms with Gasteiger partial charge in [-0.1, -0.05) is 18.6 Å². The molecule has 2 fully saturated rings. The average molecular weight is 375 g/mol. The monoisotopic (exact) mass is 374 g/mol. The van der Waals surface area contributed by atoms with Gasteiger partial charge in [0.15, 0.2) is 5.96 Å². The van der Waals surface area contributed by atoms with Crippen LogP contribution in [0, 0.1) is 5.82 Å². The number of likely N-dealkylation sites (tertiary alicyclic amines) is 1. The summed E-state index contributed by atoms with van der Waals surface area (Å²) in [4.78, 5) is 7.48. The van der Waals surface area contributed by atoms with Crippen molar-refractivity contribution in [1.82, 2.24) is 15.5 Å². The van der Waals surface area contributed by atoms with E-state index in [-0.39, 0.29) is 11.2 Å².